The largest absolute Gasteiger partial charge is 0.479 e. The van der Waals surface area contributed by atoms with E-state index in [0.29, 0.717) is 5.69 Å². The number of hydrogen-bond acceptors (Lipinski definition) is 2. The van der Waals surface area contributed by atoms with Crippen molar-refractivity contribution in [1.29, 1.82) is 0 Å². The highest BCUT2D eigenvalue weighted by Crippen LogP contribution is 2.29. The fourth-order valence-corrected chi connectivity index (χ4v) is 1.98. The number of aliphatic carboxylic acids is 1. The summed E-state index contributed by atoms with van der Waals surface area (Å²) >= 11 is 0. The van der Waals surface area contributed by atoms with Gasteiger partial charge in [-0.1, -0.05) is 18.2 Å². The van der Waals surface area contributed by atoms with Crippen molar-refractivity contribution in [3.63, 3.8) is 0 Å². The second-order valence-corrected chi connectivity index (χ2v) is 4.32. The van der Waals surface area contributed by atoms with E-state index in [2.05, 4.69) is 5.32 Å². The molecule has 90 valence electrons. The molecule has 1 heterocycles. The van der Waals surface area contributed by atoms with E-state index in [9.17, 15) is 14.7 Å². The first-order chi connectivity index (χ1) is 7.97. The average Bonchev–Trinajstić information content (AvgIpc) is 2.52. The number of nitrogens with zero attached hydrogens (tertiary/aromatic N) is 1. The molecule has 2 unspecified atom stereocenters. The van der Waals surface area contributed by atoms with Crippen molar-refractivity contribution < 1.29 is 14.7 Å². The summed E-state index contributed by atoms with van der Waals surface area (Å²) in [4.78, 5) is 24.5. The van der Waals surface area contributed by atoms with Crippen LogP contribution in [0.1, 0.15) is 13.8 Å². The molecule has 1 saturated heterocycles. The number of carbonyl (C=O) groups is 2. The number of hydrogen-bond donors (Lipinski definition) is 2. The quantitative estimate of drug-likeness (QED) is 0.813. The predicted octanol–water partition coefficient (Wildman–Crippen LogP) is 1.45. The normalized spacial score (nSPS) is 28.0. The summed E-state index contributed by atoms with van der Waals surface area (Å²) in [6.45, 7) is 3.24. The summed E-state index contributed by atoms with van der Waals surface area (Å²) in [6.07, 6.45) is 0. The van der Waals surface area contributed by atoms with Crippen LogP contribution in [0.15, 0.2) is 30.3 Å². The Labute approximate surface area is 99.0 Å². The van der Waals surface area contributed by atoms with E-state index in [1.165, 1.54) is 11.8 Å². The summed E-state index contributed by atoms with van der Waals surface area (Å²) in [5.74, 6) is -1.03. The lowest BCUT2D eigenvalue weighted by molar-refractivity contribution is -0.143. The van der Waals surface area contributed by atoms with E-state index in [-0.39, 0.29) is 6.03 Å². The molecule has 1 fully saturated rings. The molecule has 2 N–H and O–H groups in total. The lowest BCUT2D eigenvalue weighted by atomic mass is 9.95. The first kappa shape index (κ1) is 11.4. The molecule has 5 nitrogen and oxygen atoms in total. The van der Waals surface area contributed by atoms with Gasteiger partial charge in [-0.15, -0.1) is 0 Å². The van der Waals surface area contributed by atoms with Gasteiger partial charge >= 0.3 is 12.0 Å². The van der Waals surface area contributed by atoms with Gasteiger partial charge in [0.2, 0.25) is 0 Å². The maximum atomic E-state index is 11.9. The minimum atomic E-state index is -1.26. The highest BCUT2D eigenvalue weighted by Gasteiger charge is 2.51. The molecule has 1 aromatic rings. The van der Waals surface area contributed by atoms with Gasteiger partial charge in [0.25, 0.3) is 0 Å². The van der Waals surface area contributed by atoms with Crippen molar-refractivity contribution in [2.75, 3.05) is 4.90 Å². The summed E-state index contributed by atoms with van der Waals surface area (Å²) < 4.78 is 0. The molecule has 0 spiro atoms. The molecule has 0 bridgehead atoms. The molecular formula is C12H14N2O3. The number of para-hydroxylation sites is 1. The highest BCUT2D eigenvalue weighted by atomic mass is 16.4. The van der Waals surface area contributed by atoms with Crippen LogP contribution in [-0.2, 0) is 4.79 Å². The number of nitrogens with one attached hydrogen (secondary N) is 1. The number of benzene rings is 1. The van der Waals surface area contributed by atoms with Gasteiger partial charge in [-0.05, 0) is 26.0 Å². The fourth-order valence-electron chi connectivity index (χ4n) is 1.98. The number of rotatable bonds is 2. The van der Waals surface area contributed by atoms with Crippen molar-refractivity contribution in [3.8, 4) is 0 Å². The molecule has 0 aromatic heterocycles. The third kappa shape index (κ3) is 1.63. The first-order valence-electron chi connectivity index (χ1n) is 5.36. The zero-order chi connectivity index (χ0) is 12.6. The van der Waals surface area contributed by atoms with Crippen LogP contribution in [-0.4, -0.2) is 28.7 Å². The summed E-state index contributed by atoms with van der Waals surface area (Å²) in [5.41, 5.74) is -0.560. The molecule has 1 aliphatic rings. The molecule has 17 heavy (non-hydrogen) atoms. The molecular weight excluding hydrogens is 220 g/mol. The number of urea groups is 1. The van der Waals surface area contributed by atoms with Gasteiger partial charge in [0.05, 0.1) is 6.04 Å². The number of carboxylic acids is 1. The monoisotopic (exact) mass is 234 g/mol. The van der Waals surface area contributed by atoms with Crippen molar-refractivity contribution >= 4 is 17.7 Å². The lowest BCUT2D eigenvalue weighted by Gasteiger charge is -2.27. The van der Waals surface area contributed by atoms with Crippen molar-refractivity contribution in [1.82, 2.24) is 5.32 Å². The summed E-state index contributed by atoms with van der Waals surface area (Å²) in [7, 11) is 0. The minimum absolute atomic E-state index is 0.381. The van der Waals surface area contributed by atoms with Crippen LogP contribution in [0.2, 0.25) is 0 Å². The van der Waals surface area contributed by atoms with E-state index in [1.807, 2.05) is 18.2 Å². The van der Waals surface area contributed by atoms with Gasteiger partial charge in [-0.2, -0.15) is 0 Å². The smallest absolute Gasteiger partial charge is 0.331 e. The maximum Gasteiger partial charge on any atom is 0.331 e. The second kappa shape index (κ2) is 3.76. The Hall–Kier alpha value is -2.04. The van der Waals surface area contributed by atoms with Crippen molar-refractivity contribution in [3.05, 3.63) is 30.3 Å². The Balaban J connectivity index is 2.39. The van der Waals surface area contributed by atoms with Crippen LogP contribution in [0.3, 0.4) is 0 Å². The Bertz CT molecular complexity index is 460. The van der Waals surface area contributed by atoms with Crippen molar-refractivity contribution in [2.24, 2.45) is 0 Å². The zero-order valence-electron chi connectivity index (χ0n) is 9.68. The Kier molecular flexibility index (Phi) is 2.53. The Morgan fingerprint density at radius 1 is 1.41 bits per heavy atom. The lowest BCUT2D eigenvalue weighted by Crippen LogP contribution is -2.52. The topological polar surface area (TPSA) is 69.6 Å². The van der Waals surface area contributed by atoms with Gasteiger partial charge < -0.3 is 10.4 Å². The molecule has 1 aliphatic heterocycles. The predicted molar refractivity (Wildman–Crippen MR) is 63.0 cm³/mol. The van der Waals surface area contributed by atoms with E-state index in [0.717, 1.165) is 0 Å². The van der Waals surface area contributed by atoms with Crippen LogP contribution >= 0.6 is 0 Å². The highest BCUT2D eigenvalue weighted by molar-refractivity contribution is 6.01. The van der Waals surface area contributed by atoms with Gasteiger partial charge in [-0.3, -0.25) is 4.90 Å². The Morgan fingerprint density at radius 3 is 2.47 bits per heavy atom. The Morgan fingerprint density at radius 2 is 2.00 bits per heavy atom. The molecule has 0 radical (unpaired) electrons. The van der Waals surface area contributed by atoms with E-state index < -0.39 is 17.6 Å². The van der Waals surface area contributed by atoms with Gasteiger partial charge in [0.1, 0.15) is 0 Å². The second-order valence-electron chi connectivity index (χ2n) is 4.32. The number of anilines is 1. The molecule has 5 heteroatoms. The minimum Gasteiger partial charge on any atom is -0.479 e. The average molecular weight is 234 g/mol. The zero-order valence-corrected chi connectivity index (χ0v) is 9.68. The van der Waals surface area contributed by atoms with Crippen LogP contribution in [0.4, 0.5) is 10.5 Å². The van der Waals surface area contributed by atoms with E-state index in [1.54, 1.807) is 19.1 Å². The van der Waals surface area contributed by atoms with E-state index >= 15 is 0 Å². The van der Waals surface area contributed by atoms with Gasteiger partial charge in [0.15, 0.2) is 5.54 Å². The molecule has 2 rings (SSSR count). The van der Waals surface area contributed by atoms with Gasteiger partial charge in [-0.25, -0.2) is 9.59 Å². The summed E-state index contributed by atoms with van der Waals surface area (Å²) in [5, 5.41) is 11.7. The third-order valence-electron chi connectivity index (χ3n) is 3.29. The molecule has 1 aromatic carbocycles. The standard InChI is InChI=1S/C12H14N2O3/c1-8-12(2,10(15)16)13-11(17)14(8)9-6-4-3-5-7-9/h3-8H,1-2H3,(H,13,17)(H,15,16). The molecule has 0 aliphatic carbocycles. The van der Waals surface area contributed by atoms with Gasteiger partial charge in [0, 0.05) is 5.69 Å². The molecule has 0 saturated carbocycles. The van der Waals surface area contributed by atoms with E-state index in [4.69, 9.17) is 0 Å². The SMILES string of the molecule is CC1N(c2ccccc2)C(=O)NC1(C)C(=O)O. The molecule has 2 atom stereocenters. The van der Waals surface area contributed by atoms with Crippen molar-refractivity contribution in [2.45, 2.75) is 25.4 Å². The first-order valence-corrected chi connectivity index (χ1v) is 5.36. The maximum absolute atomic E-state index is 11.9. The van der Waals surface area contributed by atoms with Crippen LogP contribution in [0.25, 0.3) is 0 Å². The summed E-state index contributed by atoms with van der Waals surface area (Å²) in [6, 6.07) is 8.20. The molecule has 2 amide bonds. The number of carbonyl (C=O) groups excluding carboxylic acids is 1. The van der Waals surface area contributed by atoms with Crippen LogP contribution < -0.4 is 10.2 Å². The third-order valence-corrected chi connectivity index (χ3v) is 3.29. The van der Waals surface area contributed by atoms with Crippen LogP contribution in [0, 0.1) is 0 Å². The number of carboxylic acid groups (broad SMARTS) is 1. The fraction of sp³-hybridized carbons (Fsp3) is 0.333. The number of amides is 2. The van der Waals surface area contributed by atoms with Crippen LogP contribution in [0.5, 0.6) is 0 Å².